The van der Waals surface area contributed by atoms with Gasteiger partial charge >= 0.3 is 0 Å². The number of nitrogens with zero attached hydrogens (tertiary/aromatic N) is 4. The van der Waals surface area contributed by atoms with Crippen molar-refractivity contribution in [2.24, 2.45) is 0 Å². The highest BCUT2D eigenvalue weighted by molar-refractivity contribution is 8.00. The third-order valence-corrected chi connectivity index (χ3v) is 7.75. The number of aryl methyl sites for hydroxylation is 1. The van der Waals surface area contributed by atoms with Gasteiger partial charge in [0, 0.05) is 13.1 Å². The molecule has 0 saturated carbocycles. The molecule has 0 radical (unpaired) electrons. The van der Waals surface area contributed by atoms with Gasteiger partial charge in [-0.05, 0) is 42.2 Å². The van der Waals surface area contributed by atoms with Crippen LogP contribution in [0.2, 0.25) is 0 Å². The van der Waals surface area contributed by atoms with E-state index in [0.29, 0.717) is 17.1 Å². The van der Waals surface area contributed by atoms with Gasteiger partial charge < -0.3 is 15.0 Å². The van der Waals surface area contributed by atoms with Crippen LogP contribution in [0.5, 0.6) is 5.75 Å². The standard InChI is InChI=1S/C24H23N5O2S2/c1-15-7-8-19(31-2)18(11-15)27-20(30)13-32-23-21-22(25-14-26-23)28-24(33-21)29-10-9-16-5-3-4-6-17(16)12-29/h3-8,11,14H,9-10,12-13H2,1-2H3,(H,27,30). The molecule has 0 aliphatic carbocycles. The van der Waals surface area contributed by atoms with Crippen molar-refractivity contribution in [3.05, 3.63) is 65.5 Å². The van der Waals surface area contributed by atoms with Crippen molar-refractivity contribution >= 4 is 50.2 Å². The Labute approximate surface area is 200 Å². The molecular weight excluding hydrogens is 454 g/mol. The molecule has 1 aliphatic rings. The summed E-state index contributed by atoms with van der Waals surface area (Å²) in [6, 6.07) is 14.2. The molecule has 1 amide bonds. The molecule has 0 unspecified atom stereocenters. The van der Waals surface area contributed by atoms with Gasteiger partial charge in [0.15, 0.2) is 10.8 Å². The highest BCUT2D eigenvalue weighted by Gasteiger charge is 2.21. The van der Waals surface area contributed by atoms with Crippen LogP contribution in [0, 0.1) is 6.92 Å². The average molecular weight is 478 g/mol. The summed E-state index contributed by atoms with van der Waals surface area (Å²) in [4.78, 5) is 28.5. The van der Waals surface area contributed by atoms with E-state index in [4.69, 9.17) is 9.72 Å². The molecule has 1 N–H and O–H groups in total. The van der Waals surface area contributed by atoms with E-state index in [1.165, 1.54) is 29.2 Å². The molecule has 7 nitrogen and oxygen atoms in total. The first-order chi connectivity index (χ1) is 16.1. The minimum absolute atomic E-state index is 0.118. The lowest BCUT2D eigenvalue weighted by molar-refractivity contribution is -0.113. The van der Waals surface area contributed by atoms with Crippen molar-refractivity contribution in [2.45, 2.75) is 24.9 Å². The topological polar surface area (TPSA) is 80.2 Å². The van der Waals surface area contributed by atoms with E-state index >= 15 is 0 Å². The van der Waals surface area contributed by atoms with Crippen LogP contribution in [0.1, 0.15) is 16.7 Å². The Bertz CT molecular complexity index is 1320. The zero-order chi connectivity index (χ0) is 22.8. The van der Waals surface area contributed by atoms with Gasteiger partial charge in [0.25, 0.3) is 0 Å². The first kappa shape index (κ1) is 21.7. The zero-order valence-electron chi connectivity index (χ0n) is 18.4. The number of hydrogen-bond donors (Lipinski definition) is 1. The van der Waals surface area contributed by atoms with Crippen molar-refractivity contribution in [3.8, 4) is 5.75 Å². The minimum atomic E-state index is -0.118. The molecule has 1 aliphatic heterocycles. The Balaban J connectivity index is 1.30. The van der Waals surface area contributed by atoms with Gasteiger partial charge in [-0.3, -0.25) is 4.79 Å². The molecule has 5 rings (SSSR count). The molecule has 0 fully saturated rings. The molecular formula is C24H23N5O2S2. The second-order valence-corrected chi connectivity index (χ2v) is 9.75. The predicted octanol–water partition coefficient (Wildman–Crippen LogP) is 4.70. The summed E-state index contributed by atoms with van der Waals surface area (Å²) in [5.74, 6) is 0.750. The summed E-state index contributed by atoms with van der Waals surface area (Å²) in [7, 11) is 1.59. The van der Waals surface area contributed by atoms with Crippen molar-refractivity contribution < 1.29 is 9.53 Å². The van der Waals surface area contributed by atoms with E-state index in [-0.39, 0.29) is 11.7 Å². The van der Waals surface area contributed by atoms with E-state index in [1.54, 1.807) is 18.4 Å². The van der Waals surface area contributed by atoms with Gasteiger partial charge in [-0.15, -0.1) is 0 Å². The van der Waals surface area contributed by atoms with Gasteiger partial charge in [-0.1, -0.05) is 53.4 Å². The molecule has 0 atom stereocenters. The maximum Gasteiger partial charge on any atom is 0.234 e. The Morgan fingerprint density at radius 1 is 1.21 bits per heavy atom. The first-order valence-corrected chi connectivity index (χ1v) is 12.4. The molecule has 33 heavy (non-hydrogen) atoms. The number of hydrogen-bond acceptors (Lipinski definition) is 8. The molecule has 9 heteroatoms. The highest BCUT2D eigenvalue weighted by Crippen LogP contribution is 2.35. The number of benzene rings is 2. The molecule has 0 bridgehead atoms. The summed E-state index contributed by atoms with van der Waals surface area (Å²) < 4.78 is 6.26. The van der Waals surface area contributed by atoms with Gasteiger partial charge in [-0.25, -0.2) is 9.97 Å². The van der Waals surface area contributed by atoms with Gasteiger partial charge in [0.1, 0.15) is 21.8 Å². The number of anilines is 2. The Morgan fingerprint density at radius 2 is 2.06 bits per heavy atom. The number of ether oxygens (including phenoxy) is 1. The third-order valence-electron chi connectivity index (χ3n) is 5.52. The van der Waals surface area contributed by atoms with Crippen LogP contribution >= 0.6 is 23.1 Å². The van der Waals surface area contributed by atoms with Crippen LogP contribution < -0.4 is 15.0 Å². The lowest BCUT2D eigenvalue weighted by Gasteiger charge is -2.28. The lowest BCUT2D eigenvalue weighted by Crippen LogP contribution is -2.30. The molecule has 2 aromatic heterocycles. The second-order valence-electron chi connectivity index (χ2n) is 7.81. The fourth-order valence-corrected chi connectivity index (χ4v) is 5.77. The molecule has 0 saturated heterocycles. The number of fused-ring (bicyclic) bond motifs is 2. The van der Waals surface area contributed by atoms with Gasteiger partial charge in [-0.2, -0.15) is 4.98 Å². The van der Waals surface area contributed by atoms with Gasteiger partial charge in [0.05, 0.1) is 18.6 Å². The maximum atomic E-state index is 12.6. The number of carbonyl (C=O) groups excluding carboxylic acids is 1. The van der Waals surface area contributed by atoms with Crippen LogP contribution in [0.25, 0.3) is 10.3 Å². The summed E-state index contributed by atoms with van der Waals surface area (Å²) in [6.07, 6.45) is 2.52. The molecule has 0 spiro atoms. The smallest absolute Gasteiger partial charge is 0.234 e. The number of methoxy groups -OCH3 is 1. The van der Waals surface area contributed by atoms with Crippen LogP contribution in [-0.4, -0.2) is 40.3 Å². The quantitative estimate of drug-likeness (QED) is 0.319. The molecule has 3 heterocycles. The normalized spacial score (nSPS) is 13.1. The van der Waals surface area contributed by atoms with Crippen molar-refractivity contribution in [1.82, 2.24) is 15.0 Å². The van der Waals surface area contributed by atoms with Crippen LogP contribution in [0.15, 0.2) is 53.8 Å². The van der Waals surface area contributed by atoms with Crippen molar-refractivity contribution in [2.75, 3.05) is 29.6 Å². The Morgan fingerprint density at radius 3 is 2.91 bits per heavy atom. The fraction of sp³-hybridized carbons (Fsp3) is 0.250. The third kappa shape index (κ3) is 4.65. The number of aromatic nitrogens is 3. The second kappa shape index (κ2) is 9.36. The number of amides is 1. The number of thioether (sulfide) groups is 1. The van der Waals surface area contributed by atoms with Crippen molar-refractivity contribution in [1.29, 1.82) is 0 Å². The van der Waals surface area contributed by atoms with E-state index in [1.807, 2.05) is 25.1 Å². The summed E-state index contributed by atoms with van der Waals surface area (Å²) >= 11 is 2.98. The lowest BCUT2D eigenvalue weighted by atomic mass is 10.0. The Kier molecular flexibility index (Phi) is 6.15. The minimum Gasteiger partial charge on any atom is -0.495 e. The van der Waals surface area contributed by atoms with Crippen molar-refractivity contribution in [3.63, 3.8) is 0 Å². The summed E-state index contributed by atoms with van der Waals surface area (Å²) in [5.41, 5.74) is 5.14. The van der Waals surface area contributed by atoms with Gasteiger partial charge in [0.2, 0.25) is 5.91 Å². The molecule has 2 aromatic carbocycles. The SMILES string of the molecule is COc1ccc(C)cc1NC(=O)CSc1ncnc2nc(N3CCc4ccccc4C3)sc12. The van der Waals surface area contributed by atoms with E-state index in [0.717, 1.165) is 39.9 Å². The molecule has 4 aromatic rings. The highest BCUT2D eigenvalue weighted by atomic mass is 32.2. The zero-order valence-corrected chi connectivity index (χ0v) is 20.0. The average Bonchev–Trinajstić information content (AvgIpc) is 3.28. The fourth-order valence-electron chi connectivity index (χ4n) is 3.86. The largest absolute Gasteiger partial charge is 0.495 e. The number of rotatable bonds is 6. The number of thiazole rings is 1. The van der Waals surface area contributed by atoms with Crippen LogP contribution in [0.3, 0.4) is 0 Å². The van der Waals surface area contributed by atoms with E-state index < -0.39 is 0 Å². The number of carbonyl (C=O) groups is 1. The van der Waals surface area contributed by atoms with Crippen LogP contribution in [0.4, 0.5) is 10.8 Å². The predicted molar refractivity (Wildman–Crippen MR) is 133 cm³/mol. The number of nitrogens with one attached hydrogen (secondary N) is 1. The first-order valence-electron chi connectivity index (χ1n) is 10.6. The summed E-state index contributed by atoms with van der Waals surface area (Å²) in [6.45, 7) is 3.74. The summed E-state index contributed by atoms with van der Waals surface area (Å²) in [5, 5.41) is 4.65. The monoisotopic (exact) mass is 477 g/mol. The maximum absolute atomic E-state index is 12.6. The van der Waals surface area contributed by atoms with E-state index in [9.17, 15) is 4.79 Å². The van der Waals surface area contributed by atoms with E-state index in [2.05, 4.69) is 44.5 Å². The van der Waals surface area contributed by atoms with Crippen LogP contribution in [-0.2, 0) is 17.8 Å². The Hall–Kier alpha value is -3.17. The molecule has 168 valence electrons.